The van der Waals surface area contributed by atoms with Crippen molar-refractivity contribution < 1.29 is 56.9 Å². The van der Waals surface area contributed by atoms with Crippen LogP contribution in [-0.4, -0.2) is 144 Å². The van der Waals surface area contributed by atoms with Crippen molar-refractivity contribution in [3.05, 3.63) is 103 Å². The van der Waals surface area contributed by atoms with Crippen molar-refractivity contribution in [1.82, 2.24) is 19.9 Å². The summed E-state index contributed by atoms with van der Waals surface area (Å²) < 4.78 is 57.5. The number of aliphatic hydroxyl groups is 1. The van der Waals surface area contributed by atoms with E-state index in [1.807, 2.05) is 20.8 Å². The van der Waals surface area contributed by atoms with Gasteiger partial charge < -0.3 is 68.2 Å². The van der Waals surface area contributed by atoms with Crippen LogP contribution in [0.3, 0.4) is 0 Å². The van der Waals surface area contributed by atoms with Crippen LogP contribution < -0.4 is 43.0 Å². The van der Waals surface area contributed by atoms with Crippen molar-refractivity contribution >= 4 is 16.9 Å². The van der Waals surface area contributed by atoms with Crippen LogP contribution in [0.5, 0.6) is 11.5 Å². The van der Waals surface area contributed by atoms with Crippen molar-refractivity contribution in [2.24, 2.45) is 17.5 Å². The fraction of sp³-hybridized carbons (Fsp3) is 0.511. The first-order chi connectivity index (χ1) is 32.0. The number of ether oxygens (including phenoxy) is 9. The molecule has 21 nitrogen and oxygen atoms in total. The number of hydrogen-bond acceptors (Lipinski definition) is 18. The number of hydrogen-bond donors (Lipinski definition) is 5. The number of rotatable bonds is 28. The molecule has 4 unspecified atom stereocenters. The van der Waals surface area contributed by atoms with Gasteiger partial charge in [0.1, 0.15) is 11.9 Å². The second-order valence-electron chi connectivity index (χ2n) is 14.4. The first-order valence-corrected chi connectivity index (χ1v) is 21.7. The van der Waals surface area contributed by atoms with E-state index < -0.39 is 29.7 Å². The lowest BCUT2D eigenvalue weighted by atomic mass is 10.0. The molecular formula is C45H64N6O15. The molecule has 364 valence electrons. The molecule has 4 atom stereocenters. The van der Waals surface area contributed by atoms with Gasteiger partial charge in [-0.15, -0.1) is 0 Å². The van der Waals surface area contributed by atoms with Gasteiger partial charge in [0.25, 0.3) is 11.5 Å². The maximum Gasteiger partial charge on any atom is 0.330 e. The highest BCUT2D eigenvalue weighted by molar-refractivity contribution is 5.94. The van der Waals surface area contributed by atoms with Crippen LogP contribution in [0.1, 0.15) is 37.4 Å². The molecule has 0 bridgehead atoms. The van der Waals surface area contributed by atoms with Crippen molar-refractivity contribution in [3.8, 4) is 22.8 Å². The molecule has 1 fully saturated rings. The lowest BCUT2D eigenvalue weighted by Gasteiger charge is -2.23. The van der Waals surface area contributed by atoms with Crippen molar-refractivity contribution in [1.29, 1.82) is 0 Å². The summed E-state index contributed by atoms with van der Waals surface area (Å²) in [7, 11) is 2.98. The fourth-order valence-electron chi connectivity index (χ4n) is 6.60. The van der Waals surface area contributed by atoms with E-state index in [0.717, 1.165) is 0 Å². The van der Waals surface area contributed by atoms with Gasteiger partial charge >= 0.3 is 5.69 Å². The molecule has 0 spiro atoms. The minimum atomic E-state index is -0.871. The van der Waals surface area contributed by atoms with E-state index in [4.69, 9.17) is 58.6 Å². The second kappa shape index (κ2) is 28.4. The summed E-state index contributed by atoms with van der Waals surface area (Å²) in [6.45, 7) is 9.84. The lowest BCUT2D eigenvalue weighted by molar-refractivity contribution is -0.0694. The Kier molecular flexibility index (Phi) is 22.8. The summed E-state index contributed by atoms with van der Waals surface area (Å²) in [6, 6.07) is 12.6. The van der Waals surface area contributed by atoms with Gasteiger partial charge in [-0.05, 0) is 24.3 Å². The SMILES string of the molecule is CC.COc1ccc2c(=O)cc(-c3ccc(C(=O)NCCOCCOCCOCCOCCOCCN(N)/C=C(\N)COC4C(C)C(CO)OC4n4ccc(=O)[nH]c4=O)cc3)oc2c1OC. The second-order valence-corrected chi connectivity index (χ2v) is 14.4. The minimum absolute atomic E-state index is 0.0209. The number of aliphatic hydroxyl groups excluding tert-OH is 1. The van der Waals surface area contributed by atoms with Gasteiger partial charge in [-0.1, -0.05) is 32.9 Å². The van der Waals surface area contributed by atoms with Crippen LogP contribution in [0.15, 0.2) is 85.4 Å². The number of carbonyl (C=O) groups excluding carboxylic acids is 1. The van der Waals surface area contributed by atoms with Gasteiger partial charge in [-0.3, -0.25) is 23.9 Å². The summed E-state index contributed by atoms with van der Waals surface area (Å²) in [6.07, 6.45) is 0.755. The monoisotopic (exact) mass is 928 g/mol. The Morgan fingerprint density at radius 3 is 2.09 bits per heavy atom. The molecule has 0 saturated carbocycles. The van der Waals surface area contributed by atoms with Crippen LogP contribution in [0.25, 0.3) is 22.3 Å². The Balaban J connectivity index is 0.00000469. The zero-order valence-electron chi connectivity index (χ0n) is 38.2. The van der Waals surface area contributed by atoms with Crippen LogP contribution in [0, 0.1) is 5.92 Å². The number of nitrogens with two attached hydrogens (primary N) is 2. The number of methoxy groups -OCH3 is 2. The van der Waals surface area contributed by atoms with E-state index >= 15 is 0 Å². The Hall–Kier alpha value is -5.62. The van der Waals surface area contributed by atoms with E-state index in [1.165, 1.54) is 48.3 Å². The molecule has 2 aromatic heterocycles. The molecule has 2 aromatic carbocycles. The van der Waals surface area contributed by atoms with Gasteiger partial charge in [-0.25, -0.2) is 10.6 Å². The quantitative estimate of drug-likeness (QED) is 0.0308. The fourth-order valence-corrected chi connectivity index (χ4v) is 6.60. The number of aromatic nitrogens is 2. The molecule has 5 rings (SSSR count). The number of hydrazine groups is 1. The normalized spacial score (nSPS) is 17.0. The molecule has 0 aliphatic carbocycles. The molecule has 0 radical (unpaired) electrons. The van der Waals surface area contributed by atoms with Crippen LogP contribution in [-0.2, 0) is 33.2 Å². The lowest BCUT2D eigenvalue weighted by Crippen LogP contribution is -2.37. The average molecular weight is 929 g/mol. The maximum absolute atomic E-state index is 12.8. The standard InChI is InChI=1S/C43H58N6O15.C2H6/c1-28-36(26-50)64-42(49-12-10-37(52)47-43(49)54)38(28)62-27-31(44)25-48(45)13-15-58-17-19-60-21-23-61-22-20-59-18-16-57-14-11-46-41(53)30-6-4-29(5-7-30)35-24-33(51)32-8-9-34(55-2)40(56-3)39(32)63-35;1-2/h4-10,12,24-25,28,36,38,42,50H,11,13-23,26-27,44-45H2,1-3H3,(H,46,53)(H,47,52,54);1-2H3/b31-25-;. The number of carbonyl (C=O) groups is 1. The number of H-pyrrole nitrogens is 1. The van der Waals surface area contributed by atoms with Crippen LogP contribution >= 0.6 is 0 Å². The predicted molar refractivity (Wildman–Crippen MR) is 243 cm³/mol. The van der Waals surface area contributed by atoms with Gasteiger partial charge in [0.2, 0.25) is 5.75 Å². The number of nitrogens with zero attached hydrogens (tertiary/aromatic N) is 2. The first kappa shape index (κ1) is 53.0. The van der Waals surface area contributed by atoms with Crippen molar-refractivity contribution in [2.45, 2.75) is 39.2 Å². The average Bonchev–Trinajstić information content (AvgIpc) is 3.64. The summed E-state index contributed by atoms with van der Waals surface area (Å²) in [5, 5.41) is 14.3. The van der Waals surface area contributed by atoms with E-state index in [2.05, 4.69) is 10.3 Å². The predicted octanol–water partition coefficient (Wildman–Crippen LogP) is 1.75. The van der Waals surface area contributed by atoms with E-state index in [1.54, 1.807) is 36.4 Å². The number of fused-ring (bicyclic) bond motifs is 1. The maximum atomic E-state index is 12.8. The van der Waals surface area contributed by atoms with Gasteiger partial charge in [0.15, 0.2) is 23.0 Å². The molecule has 21 heteroatoms. The topological polar surface area (TPSA) is 273 Å². The molecular weight excluding hydrogens is 865 g/mol. The number of nitrogens with one attached hydrogen (secondary N) is 2. The van der Waals surface area contributed by atoms with E-state index in [0.29, 0.717) is 119 Å². The van der Waals surface area contributed by atoms with E-state index in [-0.39, 0.29) is 36.1 Å². The molecule has 1 aliphatic heterocycles. The molecule has 1 saturated heterocycles. The Bertz CT molecular complexity index is 2280. The summed E-state index contributed by atoms with van der Waals surface area (Å²) in [4.78, 5) is 51.5. The molecule has 1 aliphatic rings. The molecule has 4 aromatic rings. The van der Waals surface area contributed by atoms with Crippen molar-refractivity contribution in [3.63, 3.8) is 0 Å². The highest BCUT2D eigenvalue weighted by atomic mass is 16.6. The summed E-state index contributed by atoms with van der Waals surface area (Å²) in [5.41, 5.74) is 6.35. The molecule has 3 heterocycles. The highest BCUT2D eigenvalue weighted by Crippen LogP contribution is 2.37. The Morgan fingerprint density at radius 2 is 1.50 bits per heavy atom. The smallest absolute Gasteiger partial charge is 0.330 e. The highest BCUT2D eigenvalue weighted by Gasteiger charge is 2.44. The Morgan fingerprint density at radius 1 is 0.879 bits per heavy atom. The van der Waals surface area contributed by atoms with Crippen molar-refractivity contribution in [2.75, 3.05) is 107 Å². The third kappa shape index (κ3) is 15.8. The largest absolute Gasteiger partial charge is 0.493 e. The zero-order chi connectivity index (χ0) is 47.8. The van der Waals surface area contributed by atoms with Crippen LogP contribution in [0.4, 0.5) is 0 Å². The van der Waals surface area contributed by atoms with Crippen LogP contribution in [0.2, 0.25) is 0 Å². The van der Waals surface area contributed by atoms with Gasteiger partial charge in [0.05, 0.1) is 117 Å². The Labute approximate surface area is 382 Å². The zero-order valence-corrected chi connectivity index (χ0v) is 38.2. The first-order valence-electron chi connectivity index (χ1n) is 21.7. The van der Waals surface area contributed by atoms with Gasteiger partial charge in [-0.2, -0.15) is 0 Å². The van der Waals surface area contributed by atoms with Gasteiger partial charge in [0, 0.05) is 48.1 Å². The van der Waals surface area contributed by atoms with E-state index in [9.17, 15) is 24.3 Å². The summed E-state index contributed by atoms with van der Waals surface area (Å²) in [5.74, 6) is 6.58. The third-order valence-corrected chi connectivity index (χ3v) is 9.96. The third-order valence-electron chi connectivity index (χ3n) is 9.96. The minimum Gasteiger partial charge on any atom is -0.493 e. The number of aromatic amines is 1. The molecule has 66 heavy (non-hydrogen) atoms. The molecule has 7 N–H and O–H groups in total. The number of benzene rings is 2. The summed E-state index contributed by atoms with van der Waals surface area (Å²) >= 11 is 0. The molecule has 1 amide bonds. The number of amides is 1.